The van der Waals surface area contributed by atoms with Crippen LogP contribution in [0.1, 0.15) is 13.3 Å². The number of nitrogens with zero attached hydrogens (tertiary/aromatic N) is 3. The lowest BCUT2D eigenvalue weighted by atomic mass is 10.2. The fraction of sp³-hybridized carbons (Fsp3) is 0.818. The van der Waals surface area contributed by atoms with Crippen LogP contribution in [-0.2, 0) is 16.0 Å². The molecule has 1 aromatic heterocycles. The summed E-state index contributed by atoms with van der Waals surface area (Å²) in [4.78, 5) is 3.93. The van der Waals surface area contributed by atoms with Crippen molar-refractivity contribution in [1.29, 1.82) is 0 Å². The normalized spacial score (nSPS) is 12.8. The zero-order chi connectivity index (χ0) is 12.3. The summed E-state index contributed by atoms with van der Waals surface area (Å²) >= 11 is 0. The van der Waals surface area contributed by atoms with Gasteiger partial charge < -0.3 is 14.8 Å². The van der Waals surface area contributed by atoms with Crippen molar-refractivity contribution in [2.75, 3.05) is 33.5 Å². The van der Waals surface area contributed by atoms with Gasteiger partial charge in [0.15, 0.2) is 0 Å². The molecule has 0 fully saturated rings. The molecule has 98 valence electrons. The molecule has 6 nitrogen and oxygen atoms in total. The Morgan fingerprint density at radius 3 is 2.88 bits per heavy atom. The first-order chi connectivity index (χ1) is 8.36. The second-order valence-corrected chi connectivity index (χ2v) is 3.78. The van der Waals surface area contributed by atoms with Crippen LogP contribution >= 0.6 is 0 Å². The second-order valence-electron chi connectivity index (χ2n) is 3.78. The topological polar surface area (TPSA) is 61.2 Å². The summed E-state index contributed by atoms with van der Waals surface area (Å²) < 4.78 is 12.1. The monoisotopic (exact) mass is 242 g/mol. The Morgan fingerprint density at radius 2 is 2.24 bits per heavy atom. The Morgan fingerprint density at radius 1 is 1.35 bits per heavy atom. The van der Waals surface area contributed by atoms with Gasteiger partial charge in [-0.2, -0.15) is 5.10 Å². The second kappa shape index (κ2) is 9.09. The van der Waals surface area contributed by atoms with Gasteiger partial charge in [0.05, 0.1) is 26.4 Å². The molecule has 0 saturated carbocycles. The fourth-order valence-electron chi connectivity index (χ4n) is 1.47. The summed E-state index contributed by atoms with van der Waals surface area (Å²) in [6.45, 7) is 5.84. The molecule has 0 aliphatic rings. The quantitative estimate of drug-likeness (QED) is 0.598. The van der Waals surface area contributed by atoms with Gasteiger partial charge in [-0.05, 0) is 6.42 Å². The Bertz CT molecular complexity index is 266. The summed E-state index contributed by atoms with van der Waals surface area (Å²) in [5.74, 6) is 0. The van der Waals surface area contributed by atoms with Crippen molar-refractivity contribution in [2.45, 2.75) is 25.9 Å². The first kappa shape index (κ1) is 14.1. The standard InChI is InChI=1S/C11H22N4O2/c1-3-11(8-15-10-12-9-14-15)13-4-5-17-7-6-16-2/h9-11,13H,3-8H2,1-2H3/t11-/m0/s1. The highest BCUT2D eigenvalue weighted by Crippen LogP contribution is 1.94. The average molecular weight is 242 g/mol. The maximum absolute atomic E-state index is 5.38. The van der Waals surface area contributed by atoms with Crippen LogP contribution in [0, 0.1) is 0 Å². The van der Waals surface area contributed by atoms with E-state index in [0.29, 0.717) is 25.9 Å². The van der Waals surface area contributed by atoms with Crippen LogP contribution in [-0.4, -0.2) is 54.3 Å². The number of ether oxygens (including phenoxy) is 2. The Hall–Kier alpha value is -0.980. The van der Waals surface area contributed by atoms with Crippen molar-refractivity contribution in [1.82, 2.24) is 20.1 Å². The van der Waals surface area contributed by atoms with Crippen LogP contribution in [0.5, 0.6) is 0 Å². The molecular formula is C11H22N4O2. The average Bonchev–Trinajstić information content (AvgIpc) is 2.85. The molecule has 17 heavy (non-hydrogen) atoms. The molecule has 0 amide bonds. The zero-order valence-corrected chi connectivity index (χ0v) is 10.6. The van der Waals surface area contributed by atoms with Crippen LogP contribution in [0.2, 0.25) is 0 Å². The molecule has 0 bridgehead atoms. The van der Waals surface area contributed by atoms with E-state index in [9.17, 15) is 0 Å². The number of rotatable bonds is 10. The Kier molecular flexibility index (Phi) is 7.53. The third-order valence-electron chi connectivity index (χ3n) is 2.48. The molecule has 0 spiro atoms. The van der Waals surface area contributed by atoms with Gasteiger partial charge in [0, 0.05) is 19.7 Å². The number of aromatic nitrogens is 3. The molecular weight excluding hydrogens is 220 g/mol. The van der Waals surface area contributed by atoms with Crippen molar-refractivity contribution in [3.05, 3.63) is 12.7 Å². The minimum atomic E-state index is 0.405. The van der Waals surface area contributed by atoms with Gasteiger partial charge >= 0.3 is 0 Å². The highest BCUT2D eigenvalue weighted by molar-refractivity contribution is 4.67. The maximum atomic E-state index is 5.38. The minimum Gasteiger partial charge on any atom is -0.382 e. The SMILES string of the molecule is CC[C@@H](Cn1cncn1)NCCOCCOC. The van der Waals surface area contributed by atoms with E-state index in [4.69, 9.17) is 9.47 Å². The molecule has 0 aliphatic carbocycles. The molecule has 1 aromatic rings. The van der Waals surface area contributed by atoms with E-state index >= 15 is 0 Å². The van der Waals surface area contributed by atoms with Gasteiger partial charge in [0.1, 0.15) is 12.7 Å². The molecule has 0 aliphatic heterocycles. The van der Waals surface area contributed by atoms with Crippen LogP contribution in [0.4, 0.5) is 0 Å². The van der Waals surface area contributed by atoms with Gasteiger partial charge in [-0.1, -0.05) is 6.92 Å². The number of hydrogen-bond acceptors (Lipinski definition) is 5. The first-order valence-corrected chi connectivity index (χ1v) is 5.99. The molecule has 0 aromatic carbocycles. The van der Waals surface area contributed by atoms with E-state index in [0.717, 1.165) is 19.5 Å². The van der Waals surface area contributed by atoms with Crippen LogP contribution in [0.25, 0.3) is 0 Å². The van der Waals surface area contributed by atoms with Crippen molar-refractivity contribution in [3.8, 4) is 0 Å². The smallest absolute Gasteiger partial charge is 0.137 e. The summed E-state index contributed by atoms with van der Waals surface area (Å²) in [7, 11) is 1.67. The van der Waals surface area contributed by atoms with Crippen LogP contribution < -0.4 is 5.32 Å². The van der Waals surface area contributed by atoms with Crippen molar-refractivity contribution < 1.29 is 9.47 Å². The predicted octanol–water partition coefficient (Wildman–Crippen LogP) is 0.309. The number of nitrogens with one attached hydrogen (secondary N) is 1. The third kappa shape index (κ3) is 6.35. The number of hydrogen-bond donors (Lipinski definition) is 1. The molecule has 6 heteroatoms. The van der Waals surface area contributed by atoms with Gasteiger partial charge in [0.2, 0.25) is 0 Å². The lowest BCUT2D eigenvalue weighted by Gasteiger charge is -2.16. The molecule has 0 saturated heterocycles. The lowest BCUT2D eigenvalue weighted by Crippen LogP contribution is -2.35. The maximum Gasteiger partial charge on any atom is 0.137 e. The Labute approximate surface area is 102 Å². The van der Waals surface area contributed by atoms with E-state index in [1.807, 2.05) is 4.68 Å². The molecule has 0 unspecified atom stereocenters. The Balaban J connectivity index is 2.06. The molecule has 1 atom stereocenters. The molecule has 1 rings (SSSR count). The van der Waals surface area contributed by atoms with E-state index in [1.165, 1.54) is 0 Å². The fourth-order valence-corrected chi connectivity index (χ4v) is 1.47. The predicted molar refractivity (Wildman–Crippen MR) is 64.8 cm³/mol. The summed E-state index contributed by atoms with van der Waals surface area (Å²) in [6.07, 6.45) is 4.35. The van der Waals surface area contributed by atoms with E-state index in [2.05, 4.69) is 22.3 Å². The highest BCUT2D eigenvalue weighted by atomic mass is 16.5. The molecule has 1 heterocycles. The van der Waals surface area contributed by atoms with E-state index < -0.39 is 0 Å². The van der Waals surface area contributed by atoms with E-state index in [-0.39, 0.29) is 0 Å². The largest absolute Gasteiger partial charge is 0.382 e. The minimum absolute atomic E-state index is 0.405. The molecule has 0 radical (unpaired) electrons. The summed E-state index contributed by atoms with van der Waals surface area (Å²) in [5.41, 5.74) is 0. The summed E-state index contributed by atoms with van der Waals surface area (Å²) in [6, 6.07) is 0.405. The highest BCUT2D eigenvalue weighted by Gasteiger charge is 2.06. The summed E-state index contributed by atoms with van der Waals surface area (Å²) in [5, 5.41) is 7.52. The van der Waals surface area contributed by atoms with Crippen molar-refractivity contribution in [2.24, 2.45) is 0 Å². The lowest BCUT2D eigenvalue weighted by molar-refractivity contribution is 0.0707. The molecule has 1 N–H and O–H groups in total. The number of methoxy groups -OCH3 is 1. The van der Waals surface area contributed by atoms with Gasteiger partial charge in [-0.15, -0.1) is 0 Å². The van der Waals surface area contributed by atoms with Gasteiger partial charge in [-0.3, -0.25) is 4.68 Å². The third-order valence-corrected chi connectivity index (χ3v) is 2.48. The van der Waals surface area contributed by atoms with Gasteiger partial charge in [0.25, 0.3) is 0 Å². The van der Waals surface area contributed by atoms with Crippen molar-refractivity contribution >= 4 is 0 Å². The van der Waals surface area contributed by atoms with Crippen LogP contribution in [0.15, 0.2) is 12.7 Å². The van der Waals surface area contributed by atoms with Crippen LogP contribution in [0.3, 0.4) is 0 Å². The zero-order valence-electron chi connectivity index (χ0n) is 10.6. The van der Waals surface area contributed by atoms with Crippen molar-refractivity contribution in [3.63, 3.8) is 0 Å². The van der Waals surface area contributed by atoms with E-state index in [1.54, 1.807) is 19.8 Å². The van der Waals surface area contributed by atoms with Gasteiger partial charge in [-0.25, -0.2) is 4.98 Å². The first-order valence-electron chi connectivity index (χ1n) is 5.99.